The number of fused-ring (bicyclic) bond motifs is 3. The topological polar surface area (TPSA) is 25.8 Å². The molecule has 2 heteroatoms. The minimum atomic E-state index is -0.0645. The van der Waals surface area contributed by atoms with Crippen molar-refractivity contribution >= 4 is 0 Å². The molecule has 0 spiro atoms. The highest BCUT2D eigenvalue weighted by molar-refractivity contribution is 5.87. The van der Waals surface area contributed by atoms with Crippen LogP contribution in [0.25, 0.3) is 33.6 Å². The van der Waals surface area contributed by atoms with E-state index in [4.69, 9.17) is 0 Å². The molecule has 28 heavy (non-hydrogen) atoms. The van der Waals surface area contributed by atoms with Crippen molar-refractivity contribution in [1.29, 1.82) is 0 Å². The fourth-order valence-electron chi connectivity index (χ4n) is 4.44. The second kappa shape index (κ2) is 6.13. The van der Waals surface area contributed by atoms with Crippen molar-refractivity contribution in [3.8, 4) is 33.6 Å². The third-order valence-corrected chi connectivity index (χ3v) is 5.89. The van der Waals surface area contributed by atoms with Gasteiger partial charge in [-0.1, -0.05) is 38.1 Å². The van der Waals surface area contributed by atoms with Crippen LogP contribution in [0.1, 0.15) is 30.5 Å². The summed E-state index contributed by atoms with van der Waals surface area (Å²) >= 11 is 0. The molecule has 2 heterocycles. The first-order valence-corrected chi connectivity index (χ1v) is 9.68. The first-order valence-electron chi connectivity index (χ1n) is 9.68. The average Bonchev–Trinajstić information content (AvgIpc) is 2.96. The maximum atomic E-state index is 4.56. The highest BCUT2D eigenvalue weighted by atomic mass is 14.7. The van der Waals surface area contributed by atoms with Crippen LogP contribution in [0.4, 0.5) is 0 Å². The molecule has 136 valence electrons. The van der Waals surface area contributed by atoms with Crippen molar-refractivity contribution in [2.75, 3.05) is 0 Å². The fraction of sp³-hybridized carbons (Fsp3) is 0.154. The molecule has 2 nitrogen and oxygen atoms in total. The minimum Gasteiger partial charge on any atom is -0.256 e. The van der Waals surface area contributed by atoms with Crippen LogP contribution in [0.5, 0.6) is 0 Å². The number of aromatic nitrogens is 2. The summed E-state index contributed by atoms with van der Waals surface area (Å²) in [5.74, 6) is 0. The van der Waals surface area contributed by atoms with Crippen LogP contribution in [-0.2, 0) is 5.41 Å². The van der Waals surface area contributed by atoms with Gasteiger partial charge in [-0.25, -0.2) is 0 Å². The zero-order chi connectivity index (χ0) is 19.3. The van der Waals surface area contributed by atoms with Gasteiger partial charge in [0.2, 0.25) is 0 Å². The zero-order valence-corrected chi connectivity index (χ0v) is 16.4. The van der Waals surface area contributed by atoms with E-state index >= 15 is 0 Å². The summed E-state index contributed by atoms with van der Waals surface area (Å²) < 4.78 is 0. The van der Waals surface area contributed by atoms with Gasteiger partial charge in [0, 0.05) is 28.9 Å². The van der Waals surface area contributed by atoms with E-state index in [1.165, 1.54) is 38.9 Å². The summed E-state index contributed by atoms with van der Waals surface area (Å²) in [5, 5.41) is 0. The molecule has 0 saturated heterocycles. The quantitative estimate of drug-likeness (QED) is 0.411. The molecule has 0 amide bonds. The van der Waals surface area contributed by atoms with Gasteiger partial charge in [-0.15, -0.1) is 0 Å². The van der Waals surface area contributed by atoms with E-state index in [1.807, 2.05) is 36.7 Å². The molecule has 1 aliphatic rings. The van der Waals surface area contributed by atoms with Crippen molar-refractivity contribution in [3.05, 3.63) is 95.8 Å². The smallest absolute Gasteiger partial charge is 0.0702 e. The monoisotopic (exact) mass is 362 g/mol. The van der Waals surface area contributed by atoms with Crippen LogP contribution >= 0.6 is 0 Å². The van der Waals surface area contributed by atoms with E-state index in [-0.39, 0.29) is 5.41 Å². The Labute approximate surface area is 165 Å². The molecular formula is C26H22N2. The van der Waals surface area contributed by atoms with Crippen LogP contribution in [0.15, 0.2) is 79.1 Å². The van der Waals surface area contributed by atoms with Gasteiger partial charge in [-0.2, -0.15) is 0 Å². The molecule has 5 rings (SSSR count). The van der Waals surface area contributed by atoms with E-state index in [1.54, 1.807) is 0 Å². The summed E-state index contributed by atoms with van der Waals surface area (Å²) in [7, 11) is 0. The lowest BCUT2D eigenvalue weighted by atomic mass is 9.81. The minimum absolute atomic E-state index is 0.0645. The highest BCUT2D eigenvalue weighted by Gasteiger charge is 2.37. The van der Waals surface area contributed by atoms with Crippen molar-refractivity contribution in [2.45, 2.75) is 26.2 Å². The van der Waals surface area contributed by atoms with Gasteiger partial charge >= 0.3 is 0 Å². The molecule has 0 bridgehead atoms. The molecule has 0 atom stereocenters. The zero-order valence-electron chi connectivity index (χ0n) is 16.4. The van der Waals surface area contributed by atoms with Crippen molar-refractivity contribution < 1.29 is 0 Å². The molecule has 0 N–H and O–H groups in total. The largest absolute Gasteiger partial charge is 0.256 e. The van der Waals surface area contributed by atoms with Gasteiger partial charge in [-0.3, -0.25) is 9.97 Å². The first-order chi connectivity index (χ1) is 13.6. The van der Waals surface area contributed by atoms with E-state index < -0.39 is 0 Å². The number of benzene rings is 2. The van der Waals surface area contributed by atoms with E-state index in [0.29, 0.717) is 0 Å². The molecule has 2 aromatic heterocycles. The number of hydrogen-bond acceptors (Lipinski definition) is 2. The number of pyridine rings is 2. The standard InChI is InChI=1S/C26H22N2/c1-17-14-19(24-9-5-7-13-28-24)16-22-25(17)20-11-10-18(15-21(20)26(22,2)3)23-8-4-6-12-27-23/h4-16H,1-3H3. The van der Waals surface area contributed by atoms with Gasteiger partial charge in [0.15, 0.2) is 0 Å². The Morgan fingerprint density at radius 3 is 1.96 bits per heavy atom. The summed E-state index contributed by atoms with van der Waals surface area (Å²) in [6.45, 7) is 6.85. The van der Waals surface area contributed by atoms with Gasteiger partial charge in [0.05, 0.1) is 11.4 Å². The predicted octanol–water partition coefficient (Wildman–Crippen LogP) is 6.43. The predicted molar refractivity (Wildman–Crippen MR) is 115 cm³/mol. The van der Waals surface area contributed by atoms with Crippen LogP contribution < -0.4 is 0 Å². The van der Waals surface area contributed by atoms with Crippen molar-refractivity contribution in [2.24, 2.45) is 0 Å². The Bertz CT molecular complexity index is 1180. The average molecular weight is 362 g/mol. The Morgan fingerprint density at radius 1 is 0.679 bits per heavy atom. The maximum absolute atomic E-state index is 4.56. The second-order valence-electron chi connectivity index (χ2n) is 8.03. The molecule has 0 fully saturated rings. The normalized spacial score (nSPS) is 13.8. The molecule has 2 aromatic carbocycles. The second-order valence-corrected chi connectivity index (χ2v) is 8.03. The van der Waals surface area contributed by atoms with E-state index in [9.17, 15) is 0 Å². The Balaban J connectivity index is 1.70. The molecule has 0 aliphatic heterocycles. The lowest BCUT2D eigenvalue weighted by Gasteiger charge is -2.23. The lowest BCUT2D eigenvalue weighted by molar-refractivity contribution is 0.660. The summed E-state index contributed by atoms with van der Waals surface area (Å²) in [6.07, 6.45) is 3.71. The Hall–Kier alpha value is -3.26. The number of nitrogens with zero attached hydrogens (tertiary/aromatic N) is 2. The SMILES string of the molecule is Cc1cc(-c2ccccn2)cc2c1-c1ccc(-c3ccccn3)cc1C2(C)C. The first kappa shape index (κ1) is 16.9. The maximum Gasteiger partial charge on any atom is 0.0702 e. The van der Waals surface area contributed by atoms with Crippen LogP contribution in [-0.4, -0.2) is 9.97 Å². The summed E-state index contributed by atoms with van der Waals surface area (Å²) in [4.78, 5) is 9.09. The third-order valence-electron chi connectivity index (χ3n) is 5.89. The van der Waals surface area contributed by atoms with E-state index in [0.717, 1.165) is 11.4 Å². The Kier molecular flexibility index (Phi) is 3.70. The Morgan fingerprint density at radius 2 is 1.32 bits per heavy atom. The van der Waals surface area contributed by atoms with Crippen LogP contribution in [0, 0.1) is 6.92 Å². The van der Waals surface area contributed by atoms with Crippen LogP contribution in [0.2, 0.25) is 0 Å². The molecule has 0 radical (unpaired) electrons. The fourth-order valence-corrected chi connectivity index (χ4v) is 4.44. The molecule has 4 aromatic rings. The molecular weight excluding hydrogens is 340 g/mol. The van der Waals surface area contributed by atoms with Crippen molar-refractivity contribution in [3.63, 3.8) is 0 Å². The molecule has 1 aliphatic carbocycles. The van der Waals surface area contributed by atoms with Gasteiger partial charge in [0.1, 0.15) is 0 Å². The number of rotatable bonds is 2. The highest BCUT2D eigenvalue weighted by Crippen LogP contribution is 2.51. The van der Waals surface area contributed by atoms with Gasteiger partial charge in [0.25, 0.3) is 0 Å². The van der Waals surface area contributed by atoms with Gasteiger partial charge < -0.3 is 0 Å². The summed E-state index contributed by atoms with van der Waals surface area (Å²) in [5.41, 5.74) is 11.1. The number of hydrogen-bond donors (Lipinski definition) is 0. The summed E-state index contributed by atoms with van der Waals surface area (Å²) in [6, 6.07) is 23.5. The molecule has 0 unspecified atom stereocenters. The third kappa shape index (κ3) is 2.49. The van der Waals surface area contributed by atoms with E-state index in [2.05, 4.69) is 73.2 Å². The lowest BCUT2D eigenvalue weighted by Crippen LogP contribution is -2.15. The molecule has 0 saturated carbocycles. The van der Waals surface area contributed by atoms with Gasteiger partial charge in [-0.05, 0) is 77.2 Å². The van der Waals surface area contributed by atoms with Crippen molar-refractivity contribution in [1.82, 2.24) is 9.97 Å². The van der Waals surface area contributed by atoms with Crippen LogP contribution in [0.3, 0.4) is 0 Å². The number of aryl methyl sites for hydroxylation is 1.